The molecule has 4 N–H and O–H groups in total. The summed E-state index contributed by atoms with van der Waals surface area (Å²) in [5.41, 5.74) is 6.49. The summed E-state index contributed by atoms with van der Waals surface area (Å²) in [6.07, 6.45) is 1.96. The second-order valence-electron chi connectivity index (χ2n) is 5.50. The standard InChI is InChI=1S/C16H17N5O4/c1-2-12-19-14-13(15(23)20-12)18-8-21(14)25-16(24)11(17)7-9-3-5-10(22)6-4-9/h3-6,8,11,22H,2,7,17H2,1H3,(H,19,20,23). The van der Waals surface area contributed by atoms with Gasteiger partial charge in [-0.15, -0.1) is 4.73 Å². The number of H-pyrrole nitrogens is 1. The first kappa shape index (κ1) is 16.7. The van der Waals surface area contributed by atoms with Crippen molar-refractivity contribution in [2.75, 3.05) is 0 Å². The van der Waals surface area contributed by atoms with Crippen molar-refractivity contribution >= 4 is 17.1 Å². The lowest BCUT2D eigenvalue weighted by Crippen LogP contribution is -2.39. The summed E-state index contributed by atoms with van der Waals surface area (Å²) in [6.45, 7) is 1.84. The van der Waals surface area contributed by atoms with Crippen LogP contribution in [0.2, 0.25) is 0 Å². The van der Waals surface area contributed by atoms with Gasteiger partial charge >= 0.3 is 5.97 Å². The van der Waals surface area contributed by atoms with Gasteiger partial charge in [0.15, 0.2) is 5.52 Å². The third-order valence-electron chi connectivity index (χ3n) is 3.64. The Balaban J connectivity index is 1.78. The van der Waals surface area contributed by atoms with Crippen molar-refractivity contribution in [3.8, 4) is 5.75 Å². The number of aromatic amines is 1. The number of aromatic hydroxyl groups is 1. The molecule has 0 bridgehead atoms. The minimum atomic E-state index is -0.922. The predicted molar refractivity (Wildman–Crippen MR) is 88.9 cm³/mol. The zero-order valence-corrected chi connectivity index (χ0v) is 13.5. The molecule has 2 aromatic heterocycles. The molecule has 0 aliphatic heterocycles. The number of phenolic OH excluding ortho intramolecular Hbond substituents is 1. The third kappa shape index (κ3) is 3.50. The van der Waals surface area contributed by atoms with Gasteiger partial charge in [0.25, 0.3) is 5.56 Å². The Morgan fingerprint density at radius 1 is 1.40 bits per heavy atom. The molecule has 3 rings (SSSR count). The number of aromatic nitrogens is 4. The van der Waals surface area contributed by atoms with Crippen LogP contribution in [0.1, 0.15) is 18.3 Å². The number of hydrogen-bond acceptors (Lipinski definition) is 7. The molecule has 3 aromatic rings. The fraction of sp³-hybridized carbons (Fsp3) is 0.250. The van der Waals surface area contributed by atoms with E-state index in [-0.39, 0.29) is 23.3 Å². The smallest absolute Gasteiger partial charge is 0.349 e. The molecule has 25 heavy (non-hydrogen) atoms. The largest absolute Gasteiger partial charge is 0.508 e. The van der Waals surface area contributed by atoms with E-state index in [4.69, 9.17) is 10.6 Å². The highest BCUT2D eigenvalue weighted by Crippen LogP contribution is 2.11. The number of nitrogens with one attached hydrogen (secondary N) is 1. The normalized spacial score (nSPS) is 12.2. The van der Waals surface area contributed by atoms with E-state index in [0.717, 1.165) is 10.3 Å². The molecule has 2 heterocycles. The lowest BCUT2D eigenvalue weighted by Gasteiger charge is -2.11. The van der Waals surface area contributed by atoms with Gasteiger partial charge in [0.1, 0.15) is 23.9 Å². The van der Waals surface area contributed by atoms with Gasteiger partial charge in [-0.2, -0.15) is 0 Å². The Morgan fingerprint density at radius 2 is 2.12 bits per heavy atom. The number of benzene rings is 1. The van der Waals surface area contributed by atoms with Gasteiger partial charge in [0, 0.05) is 6.42 Å². The molecular formula is C16H17N5O4. The van der Waals surface area contributed by atoms with E-state index in [2.05, 4.69) is 15.0 Å². The van der Waals surface area contributed by atoms with E-state index in [9.17, 15) is 14.7 Å². The fourth-order valence-electron chi connectivity index (χ4n) is 2.30. The van der Waals surface area contributed by atoms with Crippen LogP contribution in [0.15, 0.2) is 35.4 Å². The van der Waals surface area contributed by atoms with Crippen molar-refractivity contribution in [1.29, 1.82) is 0 Å². The highest BCUT2D eigenvalue weighted by Gasteiger charge is 2.19. The van der Waals surface area contributed by atoms with Crippen molar-refractivity contribution in [3.05, 3.63) is 52.3 Å². The number of phenols is 1. The summed E-state index contributed by atoms with van der Waals surface area (Å²) in [4.78, 5) is 40.0. The Morgan fingerprint density at radius 3 is 2.80 bits per heavy atom. The van der Waals surface area contributed by atoms with Crippen molar-refractivity contribution < 1.29 is 14.7 Å². The predicted octanol–water partition coefficient (Wildman–Crippen LogP) is -0.0872. The van der Waals surface area contributed by atoms with Crippen LogP contribution >= 0.6 is 0 Å². The number of carbonyl (C=O) groups excluding carboxylic acids is 1. The van der Waals surface area contributed by atoms with Crippen molar-refractivity contribution in [2.24, 2.45) is 5.73 Å². The maximum atomic E-state index is 12.2. The summed E-state index contributed by atoms with van der Waals surface area (Å²) in [6, 6.07) is 5.45. The third-order valence-corrected chi connectivity index (χ3v) is 3.64. The van der Waals surface area contributed by atoms with Gasteiger partial charge in [0.05, 0.1) is 0 Å². The number of carbonyl (C=O) groups is 1. The Kier molecular flexibility index (Phi) is 4.48. The number of nitrogens with two attached hydrogens (primary N) is 1. The minimum absolute atomic E-state index is 0.0807. The topological polar surface area (TPSA) is 136 Å². The molecule has 0 aliphatic rings. The molecule has 1 unspecified atom stereocenters. The molecule has 0 saturated carbocycles. The SMILES string of the molecule is CCc1nc2c(ncn2OC(=O)C(N)Cc2ccc(O)cc2)c(=O)[nH]1. The van der Waals surface area contributed by atoms with Crippen molar-refractivity contribution in [3.63, 3.8) is 0 Å². The highest BCUT2D eigenvalue weighted by atomic mass is 16.7. The Labute approximate surface area is 142 Å². The molecule has 0 aliphatic carbocycles. The van der Waals surface area contributed by atoms with E-state index in [1.54, 1.807) is 12.1 Å². The summed E-state index contributed by atoms with van der Waals surface area (Å²) in [7, 11) is 0. The van der Waals surface area contributed by atoms with E-state index < -0.39 is 17.6 Å². The van der Waals surface area contributed by atoms with E-state index >= 15 is 0 Å². The lowest BCUT2D eigenvalue weighted by atomic mass is 10.1. The minimum Gasteiger partial charge on any atom is -0.508 e. The second-order valence-corrected chi connectivity index (χ2v) is 5.50. The van der Waals surface area contributed by atoms with Crippen LogP contribution in [0.5, 0.6) is 5.75 Å². The average Bonchev–Trinajstić information content (AvgIpc) is 3.00. The number of aryl methyl sites for hydroxylation is 1. The molecule has 0 saturated heterocycles. The monoisotopic (exact) mass is 343 g/mol. The Hall–Kier alpha value is -3.20. The van der Waals surface area contributed by atoms with Crippen molar-refractivity contribution in [1.82, 2.24) is 19.7 Å². The fourth-order valence-corrected chi connectivity index (χ4v) is 2.30. The van der Waals surface area contributed by atoms with E-state index in [1.165, 1.54) is 18.5 Å². The van der Waals surface area contributed by atoms with Crippen LogP contribution in [0.4, 0.5) is 0 Å². The van der Waals surface area contributed by atoms with Gasteiger partial charge in [0.2, 0.25) is 5.65 Å². The van der Waals surface area contributed by atoms with Gasteiger partial charge < -0.3 is 20.7 Å². The summed E-state index contributed by atoms with van der Waals surface area (Å²) in [5.74, 6) is -0.0935. The molecule has 0 radical (unpaired) electrons. The molecule has 0 amide bonds. The van der Waals surface area contributed by atoms with Crippen LogP contribution in [-0.2, 0) is 17.6 Å². The van der Waals surface area contributed by atoms with E-state index in [1.807, 2.05) is 6.92 Å². The maximum absolute atomic E-state index is 12.2. The van der Waals surface area contributed by atoms with Gasteiger partial charge in [-0.25, -0.2) is 14.8 Å². The van der Waals surface area contributed by atoms with Crippen LogP contribution in [-0.4, -0.2) is 36.8 Å². The molecule has 130 valence electrons. The molecule has 9 heteroatoms. The number of fused-ring (bicyclic) bond motifs is 1. The summed E-state index contributed by atoms with van der Waals surface area (Å²) in [5, 5.41) is 9.27. The first-order valence-corrected chi connectivity index (χ1v) is 7.70. The highest BCUT2D eigenvalue weighted by molar-refractivity contribution is 5.77. The molecular weight excluding hydrogens is 326 g/mol. The average molecular weight is 343 g/mol. The zero-order valence-electron chi connectivity index (χ0n) is 13.5. The lowest BCUT2D eigenvalue weighted by molar-refractivity contribution is -0.145. The van der Waals surface area contributed by atoms with Gasteiger partial charge in [-0.1, -0.05) is 19.1 Å². The quantitative estimate of drug-likeness (QED) is 0.589. The molecule has 0 spiro atoms. The molecule has 9 nitrogen and oxygen atoms in total. The van der Waals surface area contributed by atoms with Crippen LogP contribution in [0.3, 0.4) is 0 Å². The number of rotatable bonds is 5. The molecule has 1 atom stereocenters. The maximum Gasteiger partial charge on any atom is 0.349 e. The first-order chi connectivity index (χ1) is 12.0. The zero-order chi connectivity index (χ0) is 18.0. The van der Waals surface area contributed by atoms with Crippen molar-refractivity contribution in [2.45, 2.75) is 25.8 Å². The summed E-state index contributed by atoms with van der Waals surface area (Å²) >= 11 is 0. The van der Waals surface area contributed by atoms with Gasteiger partial charge in [-0.05, 0) is 24.1 Å². The second kappa shape index (κ2) is 6.73. The van der Waals surface area contributed by atoms with Crippen LogP contribution < -0.4 is 16.1 Å². The van der Waals surface area contributed by atoms with Crippen LogP contribution in [0.25, 0.3) is 11.2 Å². The number of imidazole rings is 1. The van der Waals surface area contributed by atoms with Crippen LogP contribution in [0, 0.1) is 0 Å². The summed E-state index contributed by atoms with van der Waals surface area (Å²) < 4.78 is 1.04. The first-order valence-electron chi connectivity index (χ1n) is 7.70. The van der Waals surface area contributed by atoms with E-state index in [0.29, 0.717) is 12.2 Å². The number of hydrogen-bond donors (Lipinski definition) is 3. The van der Waals surface area contributed by atoms with Gasteiger partial charge in [-0.3, -0.25) is 4.79 Å². The molecule has 0 fully saturated rings. The number of nitrogens with zero attached hydrogens (tertiary/aromatic N) is 3. The Bertz CT molecular complexity index is 961. The molecule has 1 aromatic carbocycles.